The van der Waals surface area contributed by atoms with Crippen LogP contribution in [0.1, 0.15) is 31.4 Å². The molecule has 2 saturated carbocycles. The van der Waals surface area contributed by atoms with E-state index in [2.05, 4.69) is 62.1 Å². The van der Waals surface area contributed by atoms with Crippen LogP contribution in [0, 0.1) is 11.3 Å². The van der Waals surface area contributed by atoms with Gasteiger partial charge < -0.3 is 19.5 Å². The van der Waals surface area contributed by atoms with Gasteiger partial charge in [-0.05, 0) is 41.3 Å². The zero-order valence-electron chi connectivity index (χ0n) is 14.8. The number of rotatable bonds is 3. The molecule has 6 heteroatoms. The summed E-state index contributed by atoms with van der Waals surface area (Å²) in [5.41, 5.74) is 1.65. The van der Waals surface area contributed by atoms with E-state index in [-0.39, 0.29) is 0 Å². The zero-order valence-corrected chi connectivity index (χ0v) is 16.3. The molecule has 0 bridgehead atoms. The highest BCUT2D eigenvalue weighted by Gasteiger charge is 2.66. The van der Waals surface area contributed by atoms with E-state index in [9.17, 15) is 0 Å². The lowest BCUT2D eigenvalue weighted by molar-refractivity contribution is -0.171. The first kappa shape index (κ1) is 16.5. The summed E-state index contributed by atoms with van der Waals surface area (Å²) in [6.45, 7) is 1.77. The van der Waals surface area contributed by atoms with E-state index in [4.69, 9.17) is 4.74 Å². The lowest BCUT2D eigenvalue weighted by Gasteiger charge is -2.63. The Balaban J connectivity index is 1.45. The number of hydrogen-bond acceptors (Lipinski definition) is 2. The van der Waals surface area contributed by atoms with Crippen molar-refractivity contribution in [1.29, 1.82) is 0 Å². The van der Waals surface area contributed by atoms with Crippen LogP contribution in [0.5, 0.6) is 0 Å². The number of aryl methyl sites for hydroxylation is 1. The number of aromatic nitrogens is 1. The Hall–Kier alpha value is -1.01. The third-order valence-electron chi connectivity index (χ3n) is 6.37. The molecule has 2 aliphatic carbocycles. The van der Waals surface area contributed by atoms with E-state index in [0.717, 1.165) is 23.6 Å². The molecule has 3 aliphatic rings. The summed E-state index contributed by atoms with van der Waals surface area (Å²) in [4.78, 5) is 6.77. The SMILES string of the molecule is CN=C(NC1C2CCOC2C12CCC2)N(C)Cc1cc(Br)cn1C. The number of nitrogens with zero attached hydrogens (tertiary/aromatic N) is 3. The maximum atomic E-state index is 6.03. The second kappa shape index (κ2) is 6.06. The Morgan fingerprint density at radius 3 is 2.92 bits per heavy atom. The van der Waals surface area contributed by atoms with Crippen LogP contribution in [-0.2, 0) is 18.3 Å². The molecular formula is C18H27BrN4O. The van der Waals surface area contributed by atoms with Crippen LogP contribution in [0.2, 0.25) is 0 Å². The molecule has 4 rings (SSSR count). The van der Waals surface area contributed by atoms with E-state index in [1.54, 1.807) is 0 Å². The Bertz CT molecular complexity index is 651. The first-order chi connectivity index (χ1) is 11.5. The highest BCUT2D eigenvalue weighted by molar-refractivity contribution is 9.10. The Labute approximate surface area is 152 Å². The molecule has 3 atom stereocenters. The number of ether oxygens (including phenoxy) is 1. The van der Waals surface area contributed by atoms with Crippen LogP contribution >= 0.6 is 15.9 Å². The predicted octanol–water partition coefficient (Wildman–Crippen LogP) is 2.75. The number of nitrogens with one attached hydrogen (secondary N) is 1. The molecule has 24 heavy (non-hydrogen) atoms. The summed E-state index contributed by atoms with van der Waals surface area (Å²) in [7, 11) is 6.08. The molecule has 1 aromatic rings. The van der Waals surface area contributed by atoms with Crippen LogP contribution < -0.4 is 5.32 Å². The van der Waals surface area contributed by atoms with Crippen molar-refractivity contribution in [2.45, 2.75) is 44.4 Å². The molecule has 1 spiro atoms. The van der Waals surface area contributed by atoms with Gasteiger partial charge in [0, 0.05) is 61.5 Å². The first-order valence-corrected chi connectivity index (χ1v) is 9.71. The van der Waals surface area contributed by atoms with Gasteiger partial charge in [0.1, 0.15) is 0 Å². The van der Waals surface area contributed by atoms with Crippen molar-refractivity contribution in [1.82, 2.24) is 14.8 Å². The topological polar surface area (TPSA) is 41.8 Å². The van der Waals surface area contributed by atoms with Crippen LogP contribution in [0.3, 0.4) is 0 Å². The smallest absolute Gasteiger partial charge is 0.193 e. The van der Waals surface area contributed by atoms with Gasteiger partial charge in [-0.3, -0.25) is 4.99 Å². The monoisotopic (exact) mass is 394 g/mol. The fraction of sp³-hybridized carbons (Fsp3) is 0.722. The van der Waals surface area contributed by atoms with Crippen LogP contribution in [0.25, 0.3) is 0 Å². The fourth-order valence-electron chi connectivity index (χ4n) is 4.98. The minimum Gasteiger partial charge on any atom is -0.377 e. The van der Waals surface area contributed by atoms with Crippen LogP contribution in [0.4, 0.5) is 0 Å². The summed E-state index contributed by atoms with van der Waals surface area (Å²) in [5, 5.41) is 3.79. The normalized spacial score (nSPS) is 30.7. The molecule has 1 saturated heterocycles. The maximum absolute atomic E-state index is 6.03. The van der Waals surface area contributed by atoms with Gasteiger partial charge in [0.05, 0.1) is 12.6 Å². The predicted molar refractivity (Wildman–Crippen MR) is 99.0 cm³/mol. The Morgan fingerprint density at radius 1 is 1.54 bits per heavy atom. The van der Waals surface area contributed by atoms with Gasteiger partial charge in [0.2, 0.25) is 0 Å². The van der Waals surface area contributed by atoms with E-state index >= 15 is 0 Å². The zero-order chi connectivity index (χ0) is 16.9. The highest BCUT2D eigenvalue weighted by Crippen LogP contribution is 2.62. The van der Waals surface area contributed by atoms with E-state index in [1.807, 2.05) is 7.05 Å². The van der Waals surface area contributed by atoms with Crippen molar-refractivity contribution < 1.29 is 4.74 Å². The molecule has 3 fully saturated rings. The quantitative estimate of drug-likeness (QED) is 0.632. The van der Waals surface area contributed by atoms with Gasteiger partial charge in [0.15, 0.2) is 5.96 Å². The van der Waals surface area contributed by atoms with Crippen molar-refractivity contribution in [2.24, 2.45) is 23.4 Å². The number of guanidine groups is 1. The van der Waals surface area contributed by atoms with Gasteiger partial charge >= 0.3 is 0 Å². The molecule has 1 aromatic heterocycles. The number of aliphatic imine (C=N–C) groups is 1. The summed E-state index contributed by atoms with van der Waals surface area (Å²) in [5.74, 6) is 1.66. The lowest BCUT2D eigenvalue weighted by atomic mass is 9.46. The van der Waals surface area contributed by atoms with E-state index < -0.39 is 0 Å². The average Bonchev–Trinajstić information content (AvgIpc) is 3.03. The summed E-state index contributed by atoms with van der Waals surface area (Å²) in [6.07, 6.45) is 7.73. The van der Waals surface area contributed by atoms with Gasteiger partial charge in [0.25, 0.3) is 0 Å². The highest BCUT2D eigenvalue weighted by atomic mass is 79.9. The minimum absolute atomic E-state index is 0.381. The van der Waals surface area contributed by atoms with Crippen molar-refractivity contribution in [3.05, 3.63) is 22.4 Å². The van der Waals surface area contributed by atoms with Gasteiger partial charge in [-0.2, -0.15) is 0 Å². The molecule has 0 radical (unpaired) electrons. The third kappa shape index (κ3) is 2.41. The van der Waals surface area contributed by atoms with Crippen molar-refractivity contribution >= 4 is 21.9 Å². The molecule has 132 valence electrons. The minimum atomic E-state index is 0.381. The maximum Gasteiger partial charge on any atom is 0.193 e. The molecule has 0 amide bonds. The lowest BCUT2D eigenvalue weighted by Crippen LogP contribution is -2.72. The molecule has 5 nitrogen and oxygen atoms in total. The average molecular weight is 395 g/mol. The van der Waals surface area contributed by atoms with Crippen molar-refractivity contribution in [3.63, 3.8) is 0 Å². The number of hydrogen-bond donors (Lipinski definition) is 1. The molecule has 1 aliphatic heterocycles. The molecule has 2 heterocycles. The Kier molecular flexibility index (Phi) is 4.15. The molecule has 3 unspecified atom stereocenters. The van der Waals surface area contributed by atoms with Gasteiger partial charge in [-0.25, -0.2) is 0 Å². The summed E-state index contributed by atoms with van der Waals surface area (Å²) >= 11 is 3.55. The molecule has 1 N–H and O–H groups in total. The largest absolute Gasteiger partial charge is 0.377 e. The van der Waals surface area contributed by atoms with Crippen molar-refractivity contribution in [2.75, 3.05) is 20.7 Å². The van der Waals surface area contributed by atoms with Gasteiger partial charge in [-0.15, -0.1) is 0 Å². The van der Waals surface area contributed by atoms with Crippen molar-refractivity contribution in [3.8, 4) is 0 Å². The second-order valence-corrected chi connectivity index (χ2v) is 8.53. The molecule has 0 aromatic carbocycles. The standard InChI is InChI=1S/C18H27BrN4O/c1-20-17(23(3)11-13-9-12(19)10-22(13)2)21-15-14-5-8-24-16(14)18(15)6-4-7-18/h9-10,14-16H,4-8,11H2,1-3H3,(H,20,21). The first-order valence-electron chi connectivity index (χ1n) is 8.92. The fourth-order valence-corrected chi connectivity index (χ4v) is 5.55. The summed E-state index contributed by atoms with van der Waals surface area (Å²) in [6, 6.07) is 2.70. The Morgan fingerprint density at radius 2 is 2.33 bits per heavy atom. The number of halogens is 1. The molecular weight excluding hydrogens is 368 g/mol. The second-order valence-electron chi connectivity index (χ2n) is 7.62. The van der Waals surface area contributed by atoms with Crippen LogP contribution in [0.15, 0.2) is 21.7 Å². The van der Waals surface area contributed by atoms with Crippen LogP contribution in [-0.4, -0.2) is 48.3 Å². The summed E-state index contributed by atoms with van der Waals surface area (Å²) < 4.78 is 9.31. The van der Waals surface area contributed by atoms with Gasteiger partial charge in [-0.1, -0.05) is 6.42 Å². The van der Waals surface area contributed by atoms with E-state index in [1.165, 1.54) is 31.4 Å². The van der Waals surface area contributed by atoms with E-state index in [0.29, 0.717) is 23.5 Å². The number of fused-ring (bicyclic) bond motifs is 2. The third-order valence-corrected chi connectivity index (χ3v) is 6.80.